The Kier molecular flexibility index (Phi) is 5.87. The van der Waals surface area contributed by atoms with Crippen LogP contribution in [0, 0.1) is 5.92 Å². The maximum absolute atomic E-state index is 12.3. The molecule has 0 radical (unpaired) electrons. The van der Waals surface area contributed by atoms with Crippen molar-refractivity contribution in [2.24, 2.45) is 5.92 Å². The van der Waals surface area contributed by atoms with E-state index in [0.717, 1.165) is 42.8 Å². The molecule has 1 amide bonds. The lowest BCUT2D eigenvalue weighted by molar-refractivity contribution is 0.0793. The van der Waals surface area contributed by atoms with Crippen molar-refractivity contribution in [2.75, 3.05) is 18.8 Å². The summed E-state index contributed by atoms with van der Waals surface area (Å²) in [4.78, 5) is 14.2. The van der Waals surface area contributed by atoms with E-state index in [0.29, 0.717) is 11.7 Å². The first kappa shape index (κ1) is 16.7. The number of rotatable bonds is 5. The quantitative estimate of drug-likeness (QED) is 0.823. The van der Waals surface area contributed by atoms with E-state index in [9.17, 15) is 9.00 Å². The van der Waals surface area contributed by atoms with Gasteiger partial charge in [0.1, 0.15) is 0 Å². The Labute approximate surface area is 141 Å². The molecule has 1 atom stereocenters. The molecule has 0 aromatic heterocycles. The minimum absolute atomic E-state index is 0.136. The third kappa shape index (κ3) is 4.66. The zero-order valence-corrected chi connectivity index (χ0v) is 14.7. The van der Waals surface area contributed by atoms with Crippen molar-refractivity contribution < 1.29 is 9.00 Å². The molecule has 1 saturated carbocycles. The van der Waals surface area contributed by atoms with Crippen LogP contribution in [0.25, 0.3) is 0 Å². The molecule has 2 fully saturated rings. The number of hydrogen-bond acceptors (Lipinski definition) is 2. The molecule has 1 aromatic carbocycles. The van der Waals surface area contributed by atoms with Gasteiger partial charge in [-0.3, -0.25) is 9.00 Å². The summed E-state index contributed by atoms with van der Waals surface area (Å²) in [5.74, 6) is 2.25. The second kappa shape index (κ2) is 8.09. The molecule has 126 valence electrons. The monoisotopic (exact) mass is 333 g/mol. The normalized spacial score (nSPS) is 20.6. The Morgan fingerprint density at radius 3 is 2.30 bits per heavy atom. The van der Waals surface area contributed by atoms with Gasteiger partial charge in [-0.2, -0.15) is 0 Å². The van der Waals surface area contributed by atoms with Gasteiger partial charge in [-0.25, -0.2) is 0 Å². The third-order valence-corrected chi connectivity index (χ3v) is 6.57. The van der Waals surface area contributed by atoms with Crippen LogP contribution in [0.4, 0.5) is 0 Å². The van der Waals surface area contributed by atoms with Crippen LogP contribution in [-0.2, 0) is 16.6 Å². The number of amides is 1. The van der Waals surface area contributed by atoms with Crippen LogP contribution in [0.3, 0.4) is 0 Å². The van der Waals surface area contributed by atoms with Crippen molar-refractivity contribution in [1.29, 1.82) is 0 Å². The van der Waals surface area contributed by atoms with Crippen molar-refractivity contribution in [1.82, 2.24) is 4.90 Å². The van der Waals surface area contributed by atoms with Crippen molar-refractivity contribution in [3.8, 4) is 0 Å². The predicted molar refractivity (Wildman–Crippen MR) is 94.9 cm³/mol. The number of carbonyl (C=O) groups is 1. The van der Waals surface area contributed by atoms with E-state index in [4.69, 9.17) is 0 Å². The number of hydrogen-bond donors (Lipinski definition) is 0. The minimum Gasteiger partial charge on any atom is -0.339 e. The molecule has 0 N–H and O–H groups in total. The van der Waals surface area contributed by atoms with Crippen LogP contribution in [0.15, 0.2) is 24.3 Å². The second-order valence-electron chi connectivity index (χ2n) is 6.95. The second-order valence-corrected chi connectivity index (χ2v) is 8.45. The lowest BCUT2D eigenvalue weighted by Gasteiger charge is -2.20. The Hall–Kier alpha value is -1.16. The lowest BCUT2D eigenvalue weighted by Crippen LogP contribution is -2.27. The van der Waals surface area contributed by atoms with Crippen molar-refractivity contribution in [3.05, 3.63) is 35.4 Å². The van der Waals surface area contributed by atoms with Gasteiger partial charge in [0.05, 0.1) is 0 Å². The largest absolute Gasteiger partial charge is 0.339 e. The number of benzene rings is 1. The first-order valence-corrected chi connectivity index (χ1v) is 10.4. The molecule has 3 nitrogen and oxygen atoms in total. The number of likely N-dealkylation sites (tertiary alicyclic amines) is 1. The van der Waals surface area contributed by atoms with E-state index in [1.807, 2.05) is 29.2 Å². The summed E-state index contributed by atoms with van der Waals surface area (Å²) in [5, 5.41) is 0. The van der Waals surface area contributed by atoms with Crippen molar-refractivity contribution >= 4 is 16.7 Å². The van der Waals surface area contributed by atoms with Crippen LogP contribution in [-0.4, -0.2) is 33.9 Å². The molecule has 1 aliphatic carbocycles. The zero-order chi connectivity index (χ0) is 16.1. The first-order chi connectivity index (χ1) is 11.2. The van der Waals surface area contributed by atoms with Crippen LogP contribution < -0.4 is 0 Å². The van der Waals surface area contributed by atoms with Gasteiger partial charge in [-0.15, -0.1) is 0 Å². The summed E-state index contributed by atoms with van der Waals surface area (Å²) in [6.45, 7) is 1.76. The van der Waals surface area contributed by atoms with Gasteiger partial charge in [-0.1, -0.05) is 31.4 Å². The van der Waals surface area contributed by atoms with E-state index in [-0.39, 0.29) is 5.91 Å². The van der Waals surface area contributed by atoms with Gasteiger partial charge in [0.2, 0.25) is 0 Å². The summed E-state index contributed by atoms with van der Waals surface area (Å²) >= 11 is 0. The van der Waals surface area contributed by atoms with Gasteiger partial charge in [0.25, 0.3) is 5.91 Å². The fourth-order valence-corrected chi connectivity index (χ4v) is 5.25. The molecule has 23 heavy (non-hydrogen) atoms. The van der Waals surface area contributed by atoms with Gasteiger partial charge in [-0.05, 0) is 49.3 Å². The molecule has 4 heteroatoms. The number of carbonyl (C=O) groups excluding carboxylic acids is 1. The SMILES string of the molecule is O=C(c1ccc(C[S@](=O)CC2CCCCC2)cc1)N1CCCC1. The number of nitrogens with zero attached hydrogens (tertiary/aromatic N) is 1. The van der Waals surface area contributed by atoms with Crippen molar-refractivity contribution in [2.45, 2.75) is 50.7 Å². The van der Waals surface area contributed by atoms with Crippen molar-refractivity contribution in [3.63, 3.8) is 0 Å². The van der Waals surface area contributed by atoms with E-state index in [1.165, 1.54) is 32.1 Å². The standard InChI is InChI=1S/C19H27NO2S/c21-19(20-12-4-5-13-20)18-10-8-17(9-11-18)15-23(22)14-16-6-2-1-3-7-16/h8-11,16H,1-7,12-15H2/t23-/m1/s1. The fourth-order valence-electron chi connectivity index (χ4n) is 3.71. The lowest BCUT2D eigenvalue weighted by atomic mass is 9.91. The molecular weight excluding hydrogens is 306 g/mol. The summed E-state index contributed by atoms with van der Waals surface area (Å²) in [5.41, 5.74) is 1.84. The third-order valence-electron chi connectivity index (χ3n) is 5.07. The van der Waals surface area contributed by atoms with Crippen LogP contribution in [0.1, 0.15) is 60.9 Å². The average molecular weight is 333 g/mol. The van der Waals surface area contributed by atoms with Gasteiger partial charge in [0, 0.05) is 41.0 Å². The fraction of sp³-hybridized carbons (Fsp3) is 0.632. The molecular formula is C19H27NO2S. The highest BCUT2D eigenvalue weighted by Crippen LogP contribution is 2.25. The summed E-state index contributed by atoms with van der Waals surface area (Å²) < 4.78 is 12.3. The van der Waals surface area contributed by atoms with Crippen LogP contribution in [0.2, 0.25) is 0 Å². The van der Waals surface area contributed by atoms with Gasteiger partial charge >= 0.3 is 0 Å². The van der Waals surface area contributed by atoms with E-state index in [1.54, 1.807) is 0 Å². The molecule has 0 bridgehead atoms. The molecule has 1 aromatic rings. The summed E-state index contributed by atoms with van der Waals surface area (Å²) in [6.07, 6.45) is 8.66. The Morgan fingerprint density at radius 2 is 1.65 bits per heavy atom. The molecule has 1 heterocycles. The van der Waals surface area contributed by atoms with Gasteiger partial charge in [0.15, 0.2) is 0 Å². The average Bonchev–Trinajstić information content (AvgIpc) is 3.10. The molecule has 1 aliphatic heterocycles. The highest BCUT2D eigenvalue weighted by atomic mass is 32.2. The molecule has 0 spiro atoms. The Morgan fingerprint density at radius 1 is 1.00 bits per heavy atom. The minimum atomic E-state index is -0.783. The molecule has 0 unspecified atom stereocenters. The Balaban J connectivity index is 1.52. The first-order valence-electron chi connectivity index (χ1n) is 8.95. The van der Waals surface area contributed by atoms with E-state index >= 15 is 0 Å². The molecule has 3 rings (SSSR count). The predicted octanol–water partition coefficient (Wildman–Crippen LogP) is 3.75. The maximum atomic E-state index is 12.3. The van der Waals surface area contributed by atoms with Crippen LogP contribution >= 0.6 is 0 Å². The Bertz CT molecular complexity index is 543. The summed E-state index contributed by atoms with van der Waals surface area (Å²) in [7, 11) is -0.783. The van der Waals surface area contributed by atoms with E-state index in [2.05, 4.69) is 0 Å². The molecule has 1 saturated heterocycles. The summed E-state index contributed by atoms with van der Waals surface area (Å²) in [6, 6.07) is 7.74. The van der Waals surface area contributed by atoms with Crippen LogP contribution in [0.5, 0.6) is 0 Å². The van der Waals surface area contributed by atoms with Gasteiger partial charge < -0.3 is 4.90 Å². The molecule has 2 aliphatic rings. The highest BCUT2D eigenvalue weighted by Gasteiger charge is 2.20. The smallest absolute Gasteiger partial charge is 0.253 e. The zero-order valence-electron chi connectivity index (χ0n) is 13.8. The maximum Gasteiger partial charge on any atom is 0.253 e. The topological polar surface area (TPSA) is 37.4 Å². The highest BCUT2D eigenvalue weighted by molar-refractivity contribution is 7.84. The van der Waals surface area contributed by atoms with E-state index < -0.39 is 10.8 Å².